The molecular weight excluding hydrogens is 308 g/mol. The summed E-state index contributed by atoms with van der Waals surface area (Å²) in [7, 11) is 0. The highest BCUT2D eigenvalue weighted by atomic mass is 35.5. The number of rotatable bonds is 6. The molecule has 2 aromatic rings. The Morgan fingerprint density at radius 3 is 2.22 bits per heavy atom. The summed E-state index contributed by atoms with van der Waals surface area (Å²) in [6, 6.07) is 17.3. The highest BCUT2D eigenvalue weighted by Crippen LogP contribution is 2.19. The van der Waals surface area contributed by atoms with E-state index in [0.29, 0.717) is 0 Å². The van der Waals surface area contributed by atoms with Gasteiger partial charge in [-0.2, -0.15) is 0 Å². The van der Waals surface area contributed by atoms with E-state index >= 15 is 0 Å². The molecule has 4 heteroatoms. The van der Waals surface area contributed by atoms with Gasteiger partial charge in [-0.1, -0.05) is 41.9 Å². The van der Waals surface area contributed by atoms with Crippen molar-refractivity contribution >= 4 is 35.0 Å². The standard InChI is InChI=1S/C19H21ClN2O/c1-3-22(4-2)17-12-10-16(11-13-17)21-19(23)18(20)14-15-8-6-5-7-9-15/h5-14H,3-4H2,1-2H3,(H,21,23). The lowest BCUT2D eigenvalue weighted by Crippen LogP contribution is -2.21. The minimum atomic E-state index is -0.314. The molecule has 0 aliphatic rings. The molecule has 0 bridgehead atoms. The van der Waals surface area contributed by atoms with Gasteiger partial charge in [-0.15, -0.1) is 0 Å². The third-order valence-electron chi connectivity index (χ3n) is 3.56. The van der Waals surface area contributed by atoms with Crippen molar-refractivity contribution in [3.8, 4) is 0 Å². The number of halogens is 1. The van der Waals surface area contributed by atoms with Crippen LogP contribution in [-0.4, -0.2) is 19.0 Å². The molecule has 0 spiro atoms. The number of carbonyl (C=O) groups is 1. The summed E-state index contributed by atoms with van der Waals surface area (Å²) in [6.45, 7) is 6.14. The number of anilines is 2. The van der Waals surface area contributed by atoms with Crippen LogP contribution in [0.5, 0.6) is 0 Å². The average molecular weight is 329 g/mol. The van der Waals surface area contributed by atoms with Gasteiger partial charge in [-0.3, -0.25) is 4.79 Å². The molecule has 2 aromatic carbocycles. The molecular formula is C19H21ClN2O. The van der Waals surface area contributed by atoms with Gasteiger partial charge in [0.2, 0.25) is 0 Å². The van der Waals surface area contributed by atoms with Gasteiger partial charge in [0.1, 0.15) is 5.03 Å². The Kier molecular flexibility index (Phi) is 6.24. The number of carbonyl (C=O) groups excluding carboxylic acids is 1. The first-order chi connectivity index (χ1) is 11.1. The zero-order valence-electron chi connectivity index (χ0n) is 13.4. The second-order valence-electron chi connectivity index (χ2n) is 5.08. The number of benzene rings is 2. The number of nitrogens with one attached hydrogen (secondary N) is 1. The highest BCUT2D eigenvalue weighted by molar-refractivity contribution is 6.45. The molecule has 23 heavy (non-hydrogen) atoms. The molecule has 0 radical (unpaired) electrons. The van der Waals surface area contributed by atoms with Crippen LogP contribution in [0.4, 0.5) is 11.4 Å². The van der Waals surface area contributed by atoms with Crippen LogP contribution in [0, 0.1) is 0 Å². The highest BCUT2D eigenvalue weighted by Gasteiger charge is 2.08. The molecule has 1 N–H and O–H groups in total. The average Bonchev–Trinajstić information content (AvgIpc) is 2.58. The summed E-state index contributed by atoms with van der Waals surface area (Å²) in [5, 5.41) is 2.96. The Hall–Kier alpha value is -2.26. The quantitative estimate of drug-likeness (QED) is 0.776. The molecule has 0 heterocycles. The Morgan fingerprint density at radius 2 is 1.65 bits per heavy atom. The fourth-order valence-corrected chi connectivity index (χ4v) is 2.47. The second-order valence-corrected chi connectivity index (χ2v) is 5.48. The van der Waals surface area contributed by atoms with E-state index in [9.17, 15) is 4.79 Å². The van der Waals surface area contributed by atoms with Crippen LogP contribution in [-0.2, 0) is 4.79 Å². The van der Waals surface area contributed by atoms with Crippen LogP contribution in [0.15, 0.2) is 59.6 Å². The smallest absolute Gasteiger partial charge is 0.267 e. The fourth-order valence-electron chi connectivity index (χ4n) is 2.30. The molecule has 3 nitrogen and oxygen atoms in total. The van der Waals surface area contributed by atoms with Crippen molar-refractivity contribution in [1.29, 1.82) is 0 Å². The first kappa shape index (κ1) is 17.1. The zero-order chi connectivity index (χ0) is 16.7. The molecule has 1 amide bonds. The van der Waals surface area contributed by atoms with E-state index in [4.69, 9.17) is 11.6 Å². The molecule has 0 saturated heterocycles. The lowest BCUT2D eigenvalue weighted by atomic mass is 10.2. The second kappa shape index (κ2) is 8.39. The van der Waals surface area contributed by atoms with Gasteiger partial charge in [0.15, 0.2) is 0 Å². The van der Waals surface area contributed by atoms with Crippen LogP contribution in [0.1, 0.15) is 19.4 Å². The summed E-state index contributed by atoms with van der Waals surface area (Å²) in [5.41, 5.74) is 2.76. The maximum Gasteiger partial charge on any atom is 0.267 e. The molecule has 2 rings (SSSR count). The minimum absolute atomic E-state index is 0.156. The van der Waals surface area contributed by atoms with Gasteiger partial charge in [-0.05, 0) is 49.8 Å². The van der Waals surface area contributed by atoms with Crippen LogP contribution in [0.2, 0.25) is 0 Å². The van der Waals surface area contributed by atoms with Crippen molar-refractivity contribution in [3.05, 3.63) is 65.2 Å². The maximum atomic E-state index is 12.1. The Labute approximate surface area is 142 Å². The van der Waals surface area contributed by atoms with E-state index in [0.717, 1.165) is 30.0 Å². The fraction of sp³-hybridized carbons (Fsp3) is 0.211. The topological polar surface area (TPSA) is 32.3 Å². The molecule has 0 unspecified atom stereocenters. The third kappa shape index (κ3) is 4.86. The Morgan fingerprint density at radius 1 is 1.04 bits per heavy atom. The molecule has 0 aromatic heterocycles. The van der Waals surface area contributed by atoms with E-state index in [1.165, 1.54) is 0 Å². The Balaban J connectivity index is 2.04. The van der Waals surface area contributed by atoms with E-state index in [2.05, 4.69) is 24.1 Å². The normalized spacial score (nSPS) is 11.2. The van der Waals surface area contributed by atoms with Crippen LogP contribution in [0.3, 0.4) is 0 Å². The van der Waals surface area contributed by atoms with Crippen molar-refractivity contribution in [1.82, 2.24) is 0 Å². The summed E-state index contributed by atoms with van der Waals surface area (Å²) >= 11 is 6.08. The number of hydrogen-bond donors (Lipinski definition) is 1. The Bertz CT molecular complexity index is 662. The third-order valence-corrected chi connectivity index (χ3v) is 3.84. The first-order valence-corrected chi connectivity index (χ1v) is 8.10. The van der Waals surface area contributed by atoms with E-state index in [-0.39, 0.29) is 10.9 Å². The molecule has 120 valence electrons. The molecule has 0 fully saturated rings. The van der Waals surface area contributed by atoms with Gasteiger partial charge in [0.25, 0.3) is 5.91 Å². The van der Waals surface area contributed by atoms with Crippen molar-refractivity contribution in [2.75, 3.05) is 23.3 Å². The number of amides is 1. The molecule has 0 saturated carbocycles. The number of nitrogens with zero attached hydrogens (tertiary/aromatic N) is 1. The van der Waals surface area contributed by atoms with Crippen molar-refractivity contribution < 1.29 is 4.79 Å². The van der Waals surface area contributed by atoms with E-state index in [1.807, 2.05) is 54.6 Å². The lowest BCUT2D eigenvalue weighted by Gasteiger charge is -2.21. The van der Waals surface area contributed by atoms with E-state index < -0.39 is 0 Å². The summed E-state index contributed by atoms with van der Waals surface area (Å²) in [6.07, 6.45) is 1.65. The number of hydrogen-bond acceptors (Lipinski definition) is 2. The predicted octanol–water partition coefficient (Wildman–Crippen LogP) is 4.75. The van der Waals surface area contributed by atoms with Crippen LogP contribution < -0.4 is 10.2 Å². The molecule has 0 aliphatic carbocycles. The van der Waals surface area contributed by atoms with Crippen molar-refractivity contribution in [3.63, 3.8) is 0 Å². The van der Waals surface area contributed by atoms with Gasteiger partial charge in [0.05, 0.1) is 0 Å². The van der Waals surface area contributed by atoms with Crippen LogP contribution >= 0.6 is 11.6 Å². The van der Waals surface area contributed by atoms with Crippen molar-refractivity contribution in [2.24, 2.45) is 0 Å². The minimum Gasteiger partial charge on any atom is -0.372 e. The zero-order valence-corrected chi connectivity index (χ0v) is 14.2. The van der Waals surface area contributed by atoms with Crippen LogP contribution in [0.25, 0.3) is 6.08 Å². The lowest BCUT2D eigenvalue weighted by molar-refractivity contribution is -0.112. The van der Waals surface area contributed by atoms with Gasteiger partial charge in [-0.25, -0.2) is 0 Å². The monoisotopic (exact) mass is 328 g/mol. The molecule has 0 atom stereocenters. The predicted molar refractivity (Wildman–Crippen MR) is 98.9 cm³/mol. The summed E-state index contributed by atoms with van der Waals surface area (Å²) < 4.78 is 0. The first-order valence-electron chi connectivity index (χ1n) is 7.72. The SMILES string of the molecule is CCN(CC)c1ccc(NC(=O)C(Cl)=Cc2ccccc2)cc1. The molecule has 0 aliphatic heterocycles. The van der Waals surface area contributed by atoms with E-state index in [1.54, 1.807) is 6.08 Å². The largest absolute Gasteiger partial charge is 0.372 e. The summed E-state index contributed by atoms with van der Waals surface area (Å²) in [4.78, 5) is 14.4. The maximum absolute atomic E-state index is 12.1. The van der Waals surface area contributed by atoms with Gasteiger partial charge < -0.3 is 10.2 Å². The summed E-state index contributed by atoms with van der Waals surface area (Å²) in [5.74, 6) is -0.314. The van der Waals surface area contributed by atoms with Crippen molar-refractivity contribution in [2.45, 2.75) is 13.8 Å². The van der Waals surface area contributed by atoms with Gasteiger partial charge in [0, 0.05) is 24.5 Å². The van der Waals surface area contributed by atoms with Gasteiger partial charge >= 0.3 is 0 Å².